The second-order valence-electron chi connectivity index (χ2n) is 4.07. The smallest absolute Gasteiger partial charge is 0.125 e. The van der Waals surface area contributed by atoms with Crippen molar-refractivity contribution < 1.29 is 9.84 Å². The van der Waals surface area contributed by atoms with Gasteiger partial charge in [0.2, 0.25) is 0 Å². The number of benzene rings is 1. The number of aromatic nitrogens is 3. The van der Waals surface area contributed by atoms with Crippen molar-refractivity contribution in [2.24, 2.45) is 7.05 Å². The summed E-state index contributed by atoms with van der Waals surface area (Å²) in [6.07, 6.45) is 1.59. The molecule has 1 N–H and O–H groups in total. The Labute approximate surface area is 106 Å². The van der Waals surface area contributed by atoms with E-state index >= 15 is 0 Å². The Hall–Kier alpha value is -1.88. The van der Waals surface area contributed by atoms with Gasteiger partial charge in [0.05, 0.1) is 18.4 Å². The van der Waals surface area contributed by atoms with Crippen LogP contribution in [0.25, 0.3) is 0 Å². The third-order valence-corrected chi connectivity index (χ3v) is 2.63. The highest BCUT2D eigenvalue weighted by molar-refractivity contribution is 5.35. The van der Waals surface area contributed by atoms with Gasteiger partial charge in [-0.1, -0.05) is 23.4 Å². The van der Waals surface area contributed by atoms with Crippen LogP contribution in [0.15, 0.2) is 30.5 Å². The SMILES string of the molecule is CCOc1ccccc1C(O)Cc1cn(C)nn1. The lowest BCUT2D eigenvalue weighted by molar-refractivity contribution is 0.171. The van der Waals surface area contributed by atoms with Crippen LogP contribution in [0, 0.1) is 0 Å². The first-order chi connectivity index (χ1) is 8.70. The lowest BCUT2D eigenvalue weighted by Gasteiger charge is -2.14. The lowest BCUT2D eigenvalue weighted by Crippen LogP contribution is -2.05. The van der Waals surface area contributed by atoms with Crippen LogP contribution in [0.5, 0.6) is 5.75 Å². The molecule has 0 amide bonds. The first-order valence-electron chi connectivity index (χ1n) is 5.95. The van der Waals surface area contributed by atoms with Crippen molar-refractivity contribution in [3.8, 4) is 5.75 Å². The molecule has 18 heavy (non-hydrogen) atoms. The molecule has 2 aromatic rings. The molecule has 0 saturated carbocycles. The van der Waals surface area contributed by atoms with E-state index in [1.165, 1.54) is 0 Å². The van der Waals surface area contributed by atoms with E-state index in [-0.39, 0.29) is 0 Å². The van der Waals surface area contributed by atoms with Crippen LogP contribution in [-0.2, 0) is 13.5 Å². The summed E-state index contributed by atoms with van der Waals surface area (Å²) in [5, 5.41) is 18.0. The minimum Gasteiger partial charge on any atom is -0.493 e. The zero-order valence-electron chi connectivity index (χ0n) is 10.6. The van der Waals surface area contributed by atoms with Gasteiger partial charge in [0.25, 0.3) is 0 Å². The van der Waals surface area contributed by atoms with Crippen molar-refractivity contribution in [1.82, 2.24) is 15.0 Å². The molecule has 5 heteroatoms. The summed E-state index contributed by atoms with van der Waals surface area (Å²) in [7, 11) is 1.80. The van der Waals surface area contributed by atoms with Gasteiger partial charge in [0.15, 0.2) is 0 Å². The predicted molar refractivity (Wildman–Crippen MR) is 67.3 cm³/mol. The van der Waals surface area contributed by atoms with Crippen LogP contribution in [0.3, 0.4) is 0 Å². The van der Waals surface area contributed by atoms with Gasteiger partial charge in [0, 0.05) is 25.2 Å². The van der Waals surface area contributed by atoms with E-state index in [1.807, 2.05) is 31.2 Å². The molecular formula is C13H17N3O2. The molecule has 0 saturated heterocycles. The van der Waals surface area contributed by atoms with E-state index in [1.54, 1.807) is 17.9 Å². The largest absolute Gasteiger partial charge is 0.493 e. The Bertz CT molecular complexity index is 510. The quantitative estimate of drug-likeness (QED) is 0.869. The standard InChI is InChI=1S/C13H17N3O2/c1-3-18-13-7-5-4-6-11(13)12(17)8-10-9-16(2)15-14-10/h4-7,9,12,17H,3,8H2,1-2H3. The second kappa shape index (κ2) is 5.64. The van der Waals surface area contributed by atoms with E-state index in [0.29, 0.717) is 13.0 Å². The molecule has 0 spiro atoms. The molecule has 0 bridgehead atoms. The maximum absolute atomic E-state index is 10.2. The zero-order chi connectivity index (χ0) is 13.0. The molecule has 2 rings (SSSR count). The fourth-order valence-corrected chi connectivity index (χ4v) is 1.84. The number of ether oxygens (including phenoxy) is 1. The van der Waals surface area contributed by atoms with Gasteiger partial charge in [-0.05, 0) is 13.0 Å². The lowest BCUT2D eigenvalue weighted by atomic mass is 10.0. The van der Waals surface area contributed by atoms with Gasteiger partial charge in [-0.15, -0.1) is 5.10 Å². The molecule has 96 valence electrons. The monoisotopic (exact) mass is 247 g/mol. The minimum atomic E-state index is -0.635. The summed E-state index contributed by atoms with van der Waals surface area (Å²) in [6, 6.07) is 7.51. The average molecular weight is 247 g/mol. The first kappa shape index (κ1) is 12.6. The van der Waals surface area contributed by atoms with E-state index in [0.717, 1.165) is 17.0 Å². The molecule has 1 aromatic carbocycles. The molecule has 5 nitrogen and oxygen atoms in total. The summed E-state index contributed by atoms with van der Waals surface area (Å²) >= 11 is 0. The minimum absolute atomic E-state index is 0.428. The Morgan fingerprint density at radius 1 is 1.39 bits per heavy atom. The van der Waals surface area contributed by atoms with Gasteiger partial charge < -0.3 is 9.84 Å². The number of para-hydroxylation sites is 1. The maximum Gasteiger partial charge on any atom is 0.125 e. The zero-order valence-corrected chi connectivity index (χ0v) is 10.6. The van der Waals surface area contributed by atoms with E-state index in [4.69, 9.17) is 4.74 Å². The number of aliphatic hydroxyl groups is 1. The highest BCUT2D eigenvalue weighted by Gasteiger charge is 2.15. The summed E-state index contributed by atoms with van der Waals surface area (Å²) in [6.45, 7) is 2.50. The van der Waals surface area contributed by atoms with Gasteiger partial charge in [-0.3, -0.25) is 4.68 Å². The number of rotatable bonds is 5. The van der Waals surface area contributed by atoms with Crippen molar-refractivity contribution in [2.45, 2.75) is 19.4 Å². The fraction of sp³-hybridized carbons (Fsp3) is 0.385. The summed E-state index contributed by atoms with van der Waals surface area (Å²) in [5.41, 5.74) is 1.54. The molecule has 1 aromatic heterocycles. The summed E-state index contributed by atoms with van der Waals surface area (Å²) in [5.74, 6) is 0.719. The van der Waals surface area contributed by atoms with E-state index in [2.05, 4.69) is 10.3 Å². The predicted octanol–water partition coefficient (Wildman–Crippen LogP) is 1.49. The Kier molecular flexibility index (Phi) is 3.94. The van der Waals surface area contributed by atoms with Crippen LogP contribution >= 0.6 is 0 Å². The normalized spacial score (nSPS) is 12.4. The van der Waals surface area contributed by atoms with Gasteiger partial charge in [0.1, 0.15) is 5.75 Å². The van der Waals surface area contributed by atoms with E-state index < -0.39 is 6.10 Å². The third kappa shape index (κ3) is 2.87. The topological polar surface area (TPSA) is 60.2 Å². The van der Waals surface area contributed by atoms with Crippen molar-refractivity contribution in [3.63, 3.8) is 0 Å². The summed E-state index contributed by atoms with van der Waals surface area (Å²) in [4.78, 5) is 0. The van der Waals surface area contributed by atoms with Crippen LogP contribution in [0.1, 0.15) is 24.3 Å². The van der Waals surface area contributed by atoms with Crippen molar-refractivity contribution in [2.75, 3.05) is 6.61 Å². The number of nitrogens with zero attached hydrogens (tertiary/aromatic N) is 3. The molecule has 0 aliphatic heterocycles. The molecule has 0 fully saturated rings. The van der Waals surface area contributed by atoms with Gasteiger partial charge >= 0.3 is 0 Å². The highest BCUT2D eigenvalue weighted by atomic mass is 16.5. The van der Waals surface area contributed by atoms with Crippen LogP contribution in [0.2, 0.25) is 0 Å². The number of hydrogen-bond donors (Lipinski definition) is 1. The van der Waals surface area contributed by atoms with Crippen LogP contribution in [0.4, 0.5) is 0 Å². The van der Waals surface area contributed by atoms with Gasteiger partial charge in [-0.25, -0.2) is 0 Å². The molecule has 1 unspecified atom stereocenters. The maximum atomic E-state index is 10.2. The molecule has 1 heterocycles. The Morgan fingerprint density at radius 3 is 2.83 bits per heavy atom. The second-order valence-corrected chi connectivity index (χ2v) is 4.07. The summed E-state index contributed by atoms with van der Waals surface area (Å²) < 4.78 is 7.12. The Balaban J connectivity index is 2.15. The van der Waals surface area contributed by atoms with Gasteiger partial charge in [-0.2, -0.15) is 0 Å². The van der Waals surface area contributed by atoms with Crippen molar-refractivity contribution >= 4 is 0 Å². The van der Waals surface area contributed by atoms with E-state index in [9.17, 15) is 5.11 Å². The number of hydrogen-bond acceptors (Lipinski definition) is 4. The fourth-order valence-electron chi connectivity index (χ4n) is 1.84. The average Bonchev–Trinajstić information content (AvgIpc) is 2.76. The molecule has 0 radical (unpaired) electrons. The first-order valence-corrected chi connectivity index (χ1v) is 5.95. The molecular weight excluding hydrogens is 230 g/mol. The molecule has 1 atom stereocenters. The Morgan fingerprint density at radius 2 is 2.17 bits per heavy atom. The van der Waals surface area contributed by atoms with Crippen molar-refractivity contribution in [3.05, 3.63) is 41.7 Å². The van der Waals surface area contributed by atoms with Crippen LogP contribution < -0.4 is 4.74 Å². The number of aryl methyl sites for hydroxylation is 1. The third-order valence-electron chi connectivity index (χ3n) is 2.63. The van der Waals surface area contributed by atoms with Crippen LogP contribution in [-0.4, -0.2) is 26.7 Å². The number of aliphatic hydroxyl groups excluding tert-OH is 1. The molecule has 0 aliphatic rings. The highest BCUT2D eigenvalue weighted by Crippen LogP contribution is 2.26. The molecule has 0 aliphatic carbocycles. The van der Waals surface area contributed by atoms with Crippen molar-refractivity contribution in [1.29, 1.82) is 0 Å².